The number of amides is 2. The molecule has 2 amide bonds. The van der Waals surface area contributed by atoms with E-state index in [-0.39, 0.29) is 35.4 Å². The van der Waals surface area contributed by atoms with Crippen LogP contribution in [-0.2, 0) is 12.8 Å². The Hall–Kier alpha value is -5.51. The van der Waals surface area contributed by atoms with Crippen LogP contribution >= 0.6 is 0 Å². The molecule has 0 unspecified atom stereocenters. The minimum Gasteiger partial charge on any atom is -0.493 e. The van der Waals surface area contributed by atoms with Crippen molar-refractivity contribution in [3.05, 3.63) is 95.1 Å². The van der Waals surface area contributed by atoms with E-state index in [4.69, 9.17) is 19.2 Å². The third kappa shape index (κ3) is 3.98. The molecular weight excluding hydrogens is 560 g/mol. The van der Waals surface area contributed by atoms with E-state index in [1.807, 2.05) is 47.4 Å². The zero-order valence-electron chi connectivity index (χ0n) is 24.1. The smallest absolute Gasteiger partial charge is 0.261 e. The molecule has 10 heteroatoms. The van der Waals surface area contributed by atoms with Crippen molar-refractivity contribution in [2.75, 3.05) is 35.9 Å². The summed E-state index contributed by atoms with van der Waals surface area (Å²) in [6, 6.07) is 22.3. The van der Waals surface area contributed by atoms with Crippen LogP contribution in [0.4, 0.5) is 22.7 Å². The lowest BCUT2D eigenvalue weighted by molar-refractivity contribution is -0.103. The maximum atomic E-state index is 13.8. The number of carbonyl (C=O) groups excluding carboxylic acids is 2. The highest BCUT2D eigenvalue weighted by Crippen LogP contribution is 2.43. The van der Waals surface area contributed by atoms with Crippen molar-refractivity contribution in [3.63, 3.8) is 0 Å². The third-order valence-corrected chi connectivity index (χ3v) is 8.70. The molecule has 0 spiro atoms. The van der Waals surface area contributed by atoms with Crippen LogP contribution in [0, 0.1) is 0 Å². The molecular formula is C34H28N4O6. The number of hydrogen-bond acceptors (Lipinski definition) is 8. The number of benzene rings is 4. The maximum absolute atomic E-state index is 13.8. The first kappa shape index (κ1) is 26.1. The molecule has 0 saturated carbocycles. The number of carbonyl (C=O) groups is 2. The molecule has 1 N–H and O–H groups in total. The van der Waals surface area contributed by atoms with Crippen LogP contribution < -0.4 is 34.4 Å². The second-order valence-electron chi connectivity index (χ2n) is 11.1. The Labute approximate surface area is 253 Å². The van der Waals surface area contributed by atoms with E-state index in [1.165, 1.54) is 14.2 Å². The summed E-state index contributed by atoms with van der Waals surface area (Å²) in [6.45, 7) is 0.577. The number of nitrogens with one attached hydrogen (secondary N) is 1. The lowest BCUT2D eigenvalue weighted by atomic mass is 10.1. The molecule has 10 nitrogen and oxygen atoms in total. The third-order valence-electron chi connectivity index (χ3n) is 8.70. The second kappa shape index (κ2) is 10.0. The van der Waals surface area contributed by atoms with Gasteiger partial charge in [0.2, 0.25) is 11.5 Å². The second-order valence-corrected chi connectivity index (χ2v) is 11.1. The molecule has 0 radical (unpaired) electrons. The molecule has 0 saturated heterocycles. The van der Waals surface area contributed by atoms with Gasteiger partial charge in [-0.2, -0.15) is 0 Å². The molecule has 0 fully saturated rings. The average molecular weight is 589 g/mol. The molecule has 4 aliphatic heterocycles. The molecule has 220 valence electrons. The average Bonchev–Trinajstić information content (AvgIpc) is 3.54. The summed E-state index contributed by atoms with van der Waals surface area (Å²) < 4.78 is 11.2. The monoisotopic (exact) mass is 588 g/mol. The molecule has 0 bridgehead atoms. The molecule has 8 rings (SSSR count). The fourth-order valence-corrected chi connectivity index (χ4v) is 6.60. The molecule has 4 aromatic rings. The number of para-hydroxylation sites is 2. The minimum absolute atomic E-state index is 0.00430. The Morgan fingerprint density at radius 3 is 2.07 bits per heavy atom. The van der Waals surface area contributed by atoms with Crippen LogP contribution in [0.1, 0.15) is 31.8 Å². The van der Waals surface area contributed by atoms with Crippen molar-refractivity contribution >= 4 is 40.8 Å². The van der Waals surface area contributed by atoms with Gasteiger partial charge in [0.05, 0.1) is 48.8 Å². The van der Waals surface area contributed by atoms with Crippen molar-refractivity contribution in [3.8, 4) is 23.0 Å². The zero-order valence-corrected chi connectivity index (χ0v) is 24.1. The minimum atomic E-state index is -0.178. The number of methoxy groups -OCH3 is 2. The fourth-order valence-electron chi connectivity index (χ4n) is 6.60. The predicted octanol–water partition coefficient (Wildman–Crippen LogP) is 5.36. The van der Waals surface area contributed by atoms with Gasteiger partial charge in [-0.05, 0) is 41.8 Å². The highest BCUT2D eigenvalue weighted by Gasteiger charge is 2.39. The largest absolute Gasteiger partial charge is 0.493 e. The van der Waals surface area contributed by atoms with Gasteiger partial charge in [0.1, 0.15) is 0 Å². The van der Waals surface area contributed by atoms with Crippen LogP contribution in [0.3, 0.4) is 0 Å². The number of fused-ring (bicyclic) bond motifs is 8. The summed E-state index contributed by atoms with van der Waals surface area (Å²) >= 11 is 0. The van der Waals surface area contributed by atoms with Gasteiger partial charge >= 0.3 is 0 Å². The quantitative estimate of drug-likeness (QED) is 0.247. The molecule has 0 aromatic heterocycles. The number of rotatable bonds is 5. The Morgan fingerprint density at radius 2 is 1.34 bits per heavy atom. The SMILES string of the molecule is COc1cc2c(cc1OOc1cc3c(cc1OC)C(=O)N1c4ccccc4C[C@H]1CN3)N=C[C@@H]1Cc3ccccc3N1C2=O. The summed E-state index contributed by atoms with van der Waals surface area (Å²) in [5.41, 5.74) is 6.02. The number of anilines is 3. The van der Waals surface area contributed by atoms with E-state index < -0.39 is 0 Å². The number of aliphatic imine (C=N–C) groups is 1. The van der Waals surface area contributed by atoms with Crippen LogP contribution in [-0.4, -0.2) is 50.9 Å². The summed E-state index contributed by atoms with van der Waals surface area (Å²) in [4.78, 5) is 47.4. The van der Waals surface area contributed by atoms with Crippen molar-refractivity contribution in [2.24, 2.45) is 4.99 Å². The fraction of sp³-hybridized carbons (Fsp3) is 0.206. The molecule has 44 heavy (non-hydrogen) atoms. The van der Waals surface area contributed by atoms with Crippen LogP contribution in [0.2, 0.25) is 0 Å². The van der Waals surface area contributed by atoms with Gasteiger partial charge in [0.25, 0.3) is 11.8 Å². The first-order chi connectivity index (χ1) is 21.5. The predicted molar refractivity (Wildman–Crippen MR) is 165 cm³/mol. The Morgan fingerprint density at radius 1 is 0.727 bits per heavy atom. The Balaban J connectivity index is 1.09. The van der Waals surface area contributed by atoms with E-state index >= 15 is 0 Å². The van der Waals surface area contributed by atoms with Crippen LogP contribution in [0.5, 0.6) is 23.0 Å². The summed E-state index contributed by atoms with van der Waals surface area (Å²) in [5, 5.41) is 3.41. The van der Waals surface area contributed by atoms with E-state index in [9.17, 15) is 9.59 Å². The van der Waals surface area contributed by atoms with Crippen molar-refractivity contribution < 1.29 is 28.8 Å². The first-order valence-corrected chi connectivity index (χ1v) is 14.4. The van der Waals surface area contributed by atoms with Gasteiger partial charge < -0.3 is 19.7 Å². The topological polar surface area (TPSA) is 102 Å². The van der Waals surface area contributed by atoms with Gasteiger partial charge in [0, 0.05) is 42.7 Å². The Kier molecular flexibility index (Phi) is 5.97. The summed E-state index contributed by atoms with van der Waals surface area (Å²) in [7, 11) is 3.00. The summed E-state index contributed by atoms with van der Waals surface area (Å²) in [5.74, 6) is 0.860. The van der Waals surface area contributed by atoms with Gasteiger partial charge in [-0.3, -0.25) is 29.3 Å². The van der Waals surface area contributed by atoms with Crippen LogP contribution in [0.15, 0.2) is 77.8 Å². The maximum Gasteiger partial charge on any atom is 0.261 e. The van der Waals surface area contributed by atoms with Gasteiger partial charge in [-0.15, -0.1) is 0 Å². The standard InChI is InChI=1S/C34H28N4O6/c1-41-29-13-23-25(35-17-21-11-19-7-3-5-9-27(19)37(21)33(23)39)15-31(29)43-44-32-16-26-24(14-30(32)42-2)34(40)38-22(18-36-26)12-20-8-4-6-10-28(20)38/h3-10,13-17,21-22,36H,11-12,18H2,1-2H3/t21-,22-/m0/s1. The van der Waals surface area contributed by atoms with Crippen LogP contribution in [0.25, 0.3) is 0 Å². The van der Waals surface area contributed by atoms with Crippen molar-refractivity contribution in [1.82, 2.24) is 0 Å². The van der Waals surface area contributed by atoms with Crippen molar-refractivity contribution in [1.29, 1.82) is 0 Å². The lowest BCUT2D eigenvalue weighted by Gasteiger charge is -2.22. The summed E-state index contributed by atoms with van der Waals surface area (Å²) in [6.07, 6.45) is 3.27. The molecule has 4 aromatic carbocycles. The first-order valence-electron chi connectivity index (χ1n) is 14.4. The highest BCUT2D eigenvalue weighted by atomic mass is 17.2. The van der Waals surface area contributed by atoms with E-state index in [1.54, 1.807) is 35.4 Å². The van der Waals surface area contributed by atoms with Crippen molar-refractivity contribution in [2.45, 2.75) is 24.9 Å². The van der Waals surface area contributed by atoms with E-state index in [0.717, 1.165) is 28.9 Å². The highest BCUT2D eigenvalue weighted by molar-refractivity contribution is 6.15. The number of ether oxygens (including phenoxy) is 2. The normalized spacial score (nSPS) is 19.0. The van der Waals surface area contributed by atoms with Gasteiger partial charge in [-0.25, -0.2) is 0 Å². The zero-order chi connectivity index (χ0) is 29.9. The number of nitrogens with zero attached hydrogens (tertiary/aromatic N) is 3. The number of hydrogen-bond donors (Lipinski definition) is 1. The van der Waals surface area contributed by atoms with E-state index in [2.05, 4.69) is 16.4 Å². The van der Waals surface area contributed by atoms with E-state index in [0.29, 0.717) is 47.0 Å². The van der Waals surface area contributed by atoms with Gasteiger partial charge in [0.15, 0.2) is 11.5 Å². The molecule has 4 heterocycles. The molecule has 4 aliphatic rings. The Bertz CT molecular complexity index is 1890. The van der Waals surface area contributed by atoms with Gasteiger partial charge in [-0.1, -0.05) is 36.4 Å². The molecule has 2 atom stereocenters. The molecule has 0 aliphatic carbocycles. The lowest BCUT2D eigenvalue weighted by Crippen LogP contribution is -2.39.